The number of rotatable bonds is 9. The van der Waals surface area contributed by atoms with Crippen molar-refractivity contribution in [2.45, 2.75) is 38.5 Å². The lowest BCUT2D eigenvalue weighted by atomic mass is 9.93. The molecule has 0 heterocycles. The number of allylic oxidation sites excluding steroid dienone is 1. The quantitative estimate of drug-likeness (QED) is 0.536. The van der Waals surface area contributed by atoms with Crippen LogP contribution in [-0.4, -0.2) is 11.1 Å². The molecule has 19 heavy (non-hydrogen) atoms. The van der Waals surface area contributed by atoms with Crippen LogP contribution in [0.25, 0.3) is 0 Å². The van der Waals surface area contributed by atoms with Crippen LogP contribution in [-0.2, 0) is 11.2 Å². The van der Waals surface area contributed by atoms with Crippen LogP contribution < -0.4 is 0 Å². The number of unbranched alkanes of at least 4 members (excludes halogenated alkanes) is 3. The Kier molecular flexibility index (Phi) is 6.86. The summed E-state index contributed by atoms with van der Waals surface area (Å²) in [4.78, 5) is 11.2. The van der Waals surface area contributed by atoms with Crippen molar-refractivity contribution < 1.29 is 14.3 Å². The van der Waals surface area contributed by atoms with E-state index in [-0.39, 0.29) is 12.2 Å². The van der Waals surface area contributed by atoms with Crippen molar-refractivity contribution in [2.75, 3.05) is 0 Å². The van der Waals surface area contributed by atoms with E-state index in [2.05, 4.69) is 6.58 Å². The van der Waals surface area contributed by atoms with Gasteiger partial charge in [-0.1, -0.05) is 37.1 Å². The summed E-state index contributed by atoms with van der Waals surface area (Å²) in [5.74, 6) is -1.66. The molecule has 0 aliphatic heterocycles. The first-order valence-electron chi connectivity index (χ1n) is 6.72. The van der Waals surface area contributed by atoms with Crippen LogP contribution in [0.15, 0.2) is 36.9 Å². The van der Waals surface area contributed by atoms with E-state index in [1.54, 1.807) is 18.2 Å². The summed E-state index contributed by atoms with van der Waals surface area (Å²) in [6.07, 6.45) is 6.59. The molecule has 1 aromatic carbocycles. The lowest BCUT2D eigenvalue weighted by Crippen LogP contribution is -2.17. The summed E-state index contributed by atoms with van der Waals surface area (Å²) in [7, 11) is 0. The second kappa shape index (κ2) is 8.46. The minimum Gasteiger partial charge on any atom is -0.481 e. The van der Waals surface area contributed by atoms with Crippen LogP contribution in [0.1, 0.15) is 37.7 Å². The topological polar surface area (TPSA) is 37.3 Å². The normalized spacial score (nSPS) is 12.1. The van der Waals surface area contributed by atoms with Gasteiger partial charge in [0.15, 0.2) is 0 Å². The summed E-state index contributed by atoms with van der Waals surface area (Å²) < 4.78 is 13.5. The molecule has 104 valence electrons. The van der Waals surface area contributed by atoms with Gasteiger partial charge in [0, 0.05) is 0 Å². The second-order valence-corrected chi connectivity index (χ2v) is 4.76. The molecule has 0 saturated carbocycles. The maximum absolute atomic E-state index is 13.5. The zero-order valence-electron chi connectivity index (χ0n) is 11.1. The Bertz CT molecular complexity index is 415. The molecule has 0 radical (unpaired) electrons. The SMILES string of the molecule is C=CCCCCCC(Cc1ccccc1F)C(=O)O. The largest absolute Gasteiger partial charge is 0.481 e. The molecular formula is C16H21FO2. The van der Waals surface area contributed by atoms with E-state index in [0.717, 1.165) is 25.7 Å². The van der Waals surface area contributed by atoms with Gasteiger partial charge in [-0.05, 0) is 37.3 Å². The number of carbonyl (C=O) groups is 1. The molecule has 1 rings (SSSR count). The summed E-state index contributed by atoms with van der Waals surface area (Å²) in [5.41, 5.74) is 0.487. The molecule has 0 aliphatic carbocycles. The summed E-state index contributed by atoms with van der Waals surface area (Å²) in [5, 5.41) is 9.19. The van der Waals surface area contributed by atoms with Gasteiger partial charge in [0.05, 0.1) is 5.92 Å². The first-order chi connectivity index (χ1) is 9.15. The van der Waals surface area contributed by atoms with E-state index < -0.39 is 11.9 Å². The maximum atomic E-state index is 13.5. The van der Waals surface area contributed by atoms with Gasteiger partial charge in [-0.3, -0.25) is 4.79 Å². The van der Waals surface area contributed by atoms with Crippen LogP contribution in [0.3, 0.4) is 0 Å². The molecule has 2 nitrogen and oxygen atoms in total. The average molecular weight is 264 g/mol. The first-order valence-corrected chi connectivity index (χ1v) is 6.72. The summed E-state index contributed by atoms with van der Waals surface area (Å²) >= 11 is 0. The highest BCUT2D eigenvalue weighted by Gasteiger charge is 2.18. The van der Waals surface area contributed by atoms with Gasteiger partial charge < -0.3 is 5.11 Å². The van der Waals surface area contributed by atoms with E-state index in [4.69, 9.17) is 0 Å². The monoisotopic (exact) mass is 264 g/mol. The Hall–Kier alpha value is -1.64. The van der Waals surface area contributed by atoms with E-state index in [0.29, 0.717) is 12.0 Å². The molecule has 1 atom stereocenters. The zero-order valence-corrected chi connectivity index (χ0v) is 11.1. The molecule has 0 amide bonds. The molecule has 1 aromatic rings. The molecule has 0 bridgehead atoms. The summed E-state index contributed by atoms with van der Waals surface area (Å²) in [6, 6.07) is 6.38. The Balaban J connectivity index is 2.47. The lowest BCUT2D eigenvalue weighted by molar-refractivity contribution is -0.142. The van der Waals surface area contributed by atoms with Gasteiger partial charge in [0.2, 0.25) is 0 Å². The number of benzene rings is 1. The summed E-state index contributed by atoms with van der Waals surface area (Å²) in [6.45, 7) is 3.65. The molecular weight excluding hydrogens is 243 g/mol. The van der Waals surface area contributed by atoms with Gasteiger partial charge >= 0.3 is 5.97 Å². The van der Waals surface area contributed by atoms with Crippen LogP contribution >= 0.6 is 0 Å². The second-order valence-electron chi connectivity index (χ2n) is 4.76. The van der Waals surface area contributed by atoms with Crippen molar-refractivity contribution in [2.24, 2.45) is 5.92 Å². The Morgan fingerprint density at radius 1 is 1.32 bits per heavy atom. The van der Waals surface area contributed by atoms with E-state index in [9.17, 15) is 14.3 Å². The third-order valence-corrected chi connectivity index (χ3v) is 3.23. The van der Waals surface area contributed by atoms with Gasteiger partial charge in [0.25, 0.3) is 0 Å². The molecule has 0 fully saturated rings. The zero-order chi connectivity index (χ0) is 14.1. The Morgan fingerprint density at radius 3 is 2.68 bits per heavy atom. The van der Waals surface area contributed by atoms with Gasteiger partial charge in [-0.2, -0.15) is 0 Å². The highest BCUT2D eigenvalue weighted by molar-refractivity contribution is 5.70. The first kappa shape index (κ1) is 15.4. The van der Waals surface area contributed by atoms with E-state index in [1.807, 2.05) is 6.08 Å². The minimum atomic E-state index is -0.841. The number of carboxylic acid groups (broad SMARTS) is 1. The maximum Gasteiger partial charge on any atom is 0.306 e. The highest BCUT2D eigenvalue weighted by Crippen LogP contribution is 2.18. The van der Waals surface area contributed by atoms with Crippen molar-refractivity contribution in [3.63, 3.8) is 0 Å². The number of halogens is 1. The molecule has 3 heteroatoms. The van der Waals surface area contributed by atoms with E-state index in [1.165, 1.54) is 6.07 Å². The number of aliphatic carboxylic acids is 1. The fraction of sp³-hybridized carbons (Fsp3) is 0.438. The predicted molar refractivity (Wildman–Crippen MR) is 74.5 cm³/mol. The van der Waals surface area contributed by atoms with E-state index >= 15 is 0 Å². The lowest BCUT2D eigenvalue weighted by Gasteiger charge is -2.12. The Labute approximate surface area is 114 Å². The van der Waals surface area contributed by atoms with Crippen molar-refractivity contribution in [1.82, 2.24) is 0 Å². The molecule has 0 spiro atoms. The number of hydrogen-bond donors (Lipinski definition) is 1. The highest BCUT2D eigenvalue weighted by atomic mass is 19.1. The van der Waals surface area contributed by atoms with Crippen LogP contribution in [0.2, 0.25) is 0 Å². The molecule has 1 unspecified atom stereocenters. The Morgan fingerprint density at radius 2 is 2.05 bits per heavy atom. The van der Waals surface area contributed by atoms with Gasteiger partial charge in [-0.25, -0.2) is 4.39 Å². The molecule has 0 aliphatic rings. The minimum absolute atomic E-state index is 0.267. The van der Waals surface area contributed by atoms with Gasteiger partial charge in [-0.15, -0.1) is 6.58 Å². The third-order valence-electron chi connectivity index (χ3n) is 3.23. The smallest absolute Gasteiger partial charge is 0.306 e. The fourth-order valence-electron chi connectivity index (χ4n) is 2.10. The molecule has 0 saturated heterocycles. The predicted octanol–water partition coefficient (Wildman–Crippen LogP) is 4.21. The van der Waals surface area contributed by atoms with Crippen molar-refractivity contribution >= 4 is 5.97 Å². The van der Waals surface area contributed by atoms with Crippen LogP contribution in [0.5, 0.6) is 0 Å². The van der Waals surface area contributed by atoms with Crippen LogP contribution in [0.4, 0.5) is 4.39 Å². The fourth-order valence-corrected chi connectivity index (χ4v) is 2.10. The van der Waals surface area contributed by atoms with Crippen molar-refractivity contribution in [3.8, 4) is 0 Å². The standard InChI is InChI=1S/C16H21FO2/c1-2-3-4-5-6-10-14(16(18)19)12-13-9-7-8-11-15(13)17/h2,7-9,11,14H,1,3-6,10,12H2,(H,18,19). The van der Waals surface area contributed by atoms with Crippen LogP contribution in [0, 0.1) is 11.7 Å². The molecule has 1 N–H and O–H groups in total. The average Bonchev–Trinajstić information content (AvgIpc) is 2.39. The van der Waals surface area contributed by atoms with Crippen molar-refractivity contribution in [1.29, 1.82) is 0 Å². The van der Waals surface area contributed by atoms with Crippen molar-refractivity contribution in [3.05, 3.63) is 48.3 Å². The number of carboxylic acids is 1. The third kappa shape index (κ3) is 5.69. The number of hydrogen-bond acceptors (Lipinski definition) is 1. The van der Waals surface area contributed by atoms with Gasteiger partial charge in [0.1, 0.15) is 5.82 Å². The molecule has 0 aromatic heterocycles.